The molecule has 30 heavy (non-hydrogen) atoms. The summed E-state index contributed by atoms with van der Waals surface area (Å²) in [6.45, 7) is 8.40. The lowest BCUT2D eigenvalue weighted by atomic mass is 9.87. The highest BCUT2D eigenvalue weighted by molar-refractivity contribution is 6.42. The van der Waals surface area contributed by atoms with Gasteiger partial charge in [-0.2, -0.15) is 5.26 Å². The van der Waals surface area contributed by atoms with E-state index in [1.165, 1.54) is 5.57 Å². The second-order valence-corrected chi connectivity index (χ2v) is 8.83. The number of anilines is 2. The van der Waals surface area contributed by atoms with Gasteiger partial charge >= 0.3 is 0 Å². The van der Waals surface area contributed by atoms with Crippen molar-refractivity contribution in [3.05, 3.63) is 68.7 Å². The number of nitriles is 1. The standard InChI is InChI=1S/C24H23Cl2N3O/c1-14-8-22-19(15(2)12-24(3,4)29(22)5)10-16(14)9-17(13-27)23(30)28-18-6-7-20(25)21(26)11-18/h6-12H,1-5H3,(H,28,30)/b17-9+. The fourth-order valence-electron chi connectivity index (χ4n) is 3.55. The molecule has 0 unspecified atom stereocenters. The number of rotatable bonds is 3. The summed E-state index contributed by atoms with van der Waals surface area (Å²) in [6, 6.07) is 10.9. The SMILES string of the molecule is CC1=CC(C)(C)N(C)c2cc(C)c(/C=C(\C#N)C(=O)Nc3ccc(Cl)c(Cl)c3)cc21. The molecule has 0 spiro atoms. The first-order valence-electron chi connectivity index (χ1n) is 9.50. The summed E-state index contributed by atoms with van der Waals surface area (Å²) in [5.74, 6) is -0.501. The number of allylic oxidation sites excluding steroid dienone is 1. The molecule has 1 aliphatic rings. The van der Waals surface area contributed by atoms with Crippen molar-refractivity contribution in [2.75, 3.05) is 17.3 Å². The third kappa shape index (κ3) is 4.23. The minimum atomic E-state index is -0.501. The number of likely N-dealkylation sites (N-methyl/N-ethyl adjacent to an activating group) is 1. The Morgan fingerprint density at radius 1 is 1.17 bits per heavy atom. The van der Waals surface area contributed by atoms with Crippen LogP contribution in [0.25, 0.3) is 11.6 Å². The van der Waals surface area contributed by atoms with E-state index in [-0.39, 0.29) is 11.1 Å². The highest BCUT2D eigenvalue weighted by Gasteiger charge is 2.28. The molecule has 2 aromatic rings. The molecule has 0 atom stereocenters. The second kappa shape index (κ2) is 8.18. The zero-order valence-electron chi connectivity index (χ0n) is 17.6. The summed E-state index contributed by atoms with van der Waals surface area (Å²) in [5.41, 5.74) is 5.61. The van der Waals surface area contributed by atoms with Crippen LogP contribution < -0.4 is 10.2 Å². The molecule has 1 amide bonds. The summed E-state index contributed by atoms with van der Waals surface area (Å²) in [6.07, 6.45) is 3.84. The molecule has 0 saturated carbocycles. The van der Waals surface area contributed by atoms with Gasteiger partial charge in [0.15, 0.2) is 0 Å². The molecule has 1 aliphatic heterocycles. The predicted octanol–water partition coefficient (Wildman–Crippen LogP) is 6.48. The van der Waals surface area contributed by atoms with Gasteiger partial charge in [-0.1, -0.05) is 29.3 Å². The van der Waals surface area contributed by atoms with E-state index in [1.807, 2.05) is 19.1 Å². The molecule has 2 aromatic carbocycles. The first-order valence-corrected chi connectivity index (χ1v) is 10.3. The van der Waals surface area contributed by atoms with E-state index < -0.39 is 5.91 Å². The topological polar surface area (TPSA) is 56.1 Å². The molecule has 0 aromatic heterocycles. The summed E-state index contributed by atoms with van der Waals surface area (Å²) >= 11 is 11.9. The normalized spacial score (nSPS) is 15.2. The number of carbonyl (C=O) groups excluding carboxylic acids is 1. The zero-order valence-corrected chi connectivity index (χ0v) is 19.1. The van der Waals surface area contributed by atoms with Crippen LogP contribution in [0.4, 0.5) is 11.4 Å². The lowest BCUT2D eigenvalue weighted by Crippen LogP contribution is -2.42. The van der Waals surface area contributed by atoms with Gasteiger partial charge in [0.25, 0.3) is 5.91 Å². The summed E-state index contributed by atoms with van der Waals surface area (Å²) in [4.78, 5) is 14.9. The van der Waals surface area contributed by atoms with Crippen molar-refractivity contribution in [2.24, 2.45) is 0 Å². The Kier molecular flexibility index (Phi) is 5.99. The van der Waals surface area contributed by atoms with Crippen molar-refractivity contribution in [3.8, 4) is 6.07 Å². The molecule has 1 N–H and O–H groups in total. The summed E-state index contributed by atoms with van der Waals surface area (Å²) < 4.78 is 0. The van der Waals surface area contributed by atoms with Crippen molar-refractivity contribution in [1.29, 1.82) is 5.26 Å². The van der Waals surface area contributed by atoms with Crippen molar-refractivity contribution < 1.29 is 4.79 Å². The predicted molar refractivity (Wildman–Crippen MR) is 126 cm³/mol. The number of halogens is 2. The average molecular weight is 440 g/mol. The number of nitrogens with one attached hydrogen (secondary N) is 1. The van der Waals surface area contributed by atoms with Crippen molar-refractivity contribution in [3.63, 3.8) is 0 Å². The summed E-state index contributed by atoms with van der Waals surface area (Å²) in [5, 5.41) is 13.0. The third-order valence-corrected chi connectivity index (χ3v) is 6.19. The monoisotopic (exact) mass is 439 g/mol. The smallest absolute Gasteiger partial charge is 0.266 e. The molecule has 0 fully saturated rings. The van der Waals surface area contributed by atoms with Gasteiger partial charge < -0.3 is 10.2 Å². The zero-order chi connectivity index (χ0) is 22.2. The Bertz CT molecular complexity index is 1140. The van der Waals surface area contributed by atoms with Gasteiger partial charge in [-0.3, -0.25) is 4.79 Å². The van der Waals surface area contributed by atoms with Gasteiger partial charge in [-0.25, -0.2) is 0 Å². The van der Waals surface area contributed by atoms with Gasteiger partial charge in [-0.05, 0) is 80.8 Å². The van der Waals surface area contributed by atoms with Crippen LogP contribution in [0.1, 0.15) is 37.5 Å². The fraction of sp³-hybridized carbons (Fsp3) is 0.250. The first-order chi connectivity index (χ1) is 14.0. The van der Waals surface area contributed by atoms with E-state index in [9.17, 15) is 10.1 Å². The lowest BCUT2D eigenvalue weighted by Gasteiger charge is -2.41. The Labute approximate surface area is 187 Å². The van der Waals surface area contributed by atoms with E-state index in [2.05, 4.69) is 50.2 Å². The Morgan fingerprint density at radius 2 is 1.87 bits per heavy atom. The van der Waals surface area contributed by atoms with Crippen LogP contribution in [0.3, 0.4) is 0 Å². The van der Waals surface area contributed by atoms with Crippen LogP contribution >= 0.6 is 23.2 Å². The first kappa shape index (κ1) is 22.0. The Morgan fingerprint density at radius 3 is 2.50 bits per heavy atom. The van der Waals surface area contributed by atoms with E-state index in [0.29, 0.717) is 15.7 Å². The molecule has 6 heteroatoms. The maximum absolute atomic E-state index is 12.6. The minimum Gasteiger partial charge on any atom is -0.365 e. The largest absolute Gasteiger partial charge is 0.365 e. The lowest BCUT2D eigenvalue weighted by molar-refractivity contribution is -0.112. The van der Waals surface area contributed by atoms with Gasteiger partial charge in [-0.15, -0.1) is 0 Å². The second-order valence-electron chi connectivity index (χ2n) is 8.02. The fourth-order valence-corrected chi connectivity index (χ4v) is 3.85. The van der Waals surface area contributed by atoms with Crippen LogP contribution in [0.5, 0.6) is 0 Å². The Hall–Kier alpha value is -2.74. The molecule has 0 aliphatic carbocycles. The number of hydrogen-bond acceptors (Lipinski definition) is 3. The minimum absolute atomic E-state index is 0.00949. The average Bonchev–Trinajstić information content (AvgIpc) is 2.67. The quantitative estimate of drug-likeness (QED) is 0.439. The van der Waals surface area contributed by atoms with Gasteiger partial charge in [0.2, 0.25) is 0 Å². The number of fused-ring (bicyclic) bond motifs is 1. The summed E-state index contributed by atoms with van der Waals surface area (Å²) in [7, 11) is 2.07. The molecule has 0 radical (unpaired) electrons. The van der Waals surface area contributed by atoms with E-state index in [1.54, 1.807) is 24.3 Å². The number of benzene rings is 2. The third-order valence-electron chi connectivity index (χ3n) is 5.45. The van der Waals surface area contributed by atoms with Crippen LogP contribution in [0.15, 0.2) is 42.0 Å². The van der Waals surface area contributed by atoms with E-state index in [0.717, 1.165) is 22.4 Å². The molecular weight excluding hydrogens is 417 g/mol. The maximum Gasteiger partial charge on any atom is 0.266 e. The Balaban J connectivity index is 1.96. The highest BCUT2D eigenvalue weighted by atomic mass is 35.5. The number of aryl methyl sites for hydroxylation is 1. The molecule has 154 valence electrons. The van der Waals surface area contributed by atoms with Crippen molar-refractivity contribution in [2.45, 2.75) is 33.2 Å². The highest BCUT2D eigenvalue weighted by Crippen LogP contribution is 2.39. The van der Waals surface area contributed by atoms with Gasteiger partial charge in [0.1, 0.15) is 11.6 Å². The molecule has 4 nitrogen and oxygen atoms in total. The number of nitrogens with zero attached hydrogens (tertiary/aromatic N) is 2. The number of amides is 1. The van der Waals surface area contributed by atoms with Crippen LogP contribution in [0, 0.1) is 18.3 Å². The van der Waals surface area contributed by atoms with Gasteiger partial charge in [0, 0.05) is 24.0 Å². The number of hydrogen-bond donors (Lipinski definition) is 1. The maximum atomic E-state index is 12.6. The van der Waals surface area contributed by atoms with Crippen molar-refractivity contribution >= 4 is 52.1 Å². The van der Waals surface area contributed by atoms with Crippen LogP contribution in [0.2, 0.25) is 10.0 Å². The molecular formula is C24H23Cl2N3O. The molecule has 0 saturated heterocycles. The van der Waals surface area contributed by atoms with Crippen molar-refractivity contribution in [1.82, 2.24) is 0 Å². The van der Waals surface area contributed by atoms with Crippen LogP contribution in [-0.4, -0.2) is 18.5 Å². The number of carbonyl (C=O) groups is 1. The van der Waals surface area contributed by atoms with E-state index in [4.69, 9.17) is 23.2 Å². The molecule has 0 bridgehead atoms. The molecule has 3 rings (SSSR count). The molecule has 1 heterocycles. The van der Waals surface area contributed by atoms with E-state index >= 15 is 0 Å². The van der Waals surface area contributed by atoms with Crippen LogP contribution in [-0.2, 0) is 4.79 Å². The van der Waals surface area contributed by atoms with Gasteiger partial charge in [0.05, 0.1) is 15.6 Å².